The number of likely N-dealkylation sites (N-methyl/N-ethyl adjacent to an activating group) is 1. The smallest absolute Gasteiger partial charge is 0.229 e. The van der Waals surface area contributed by atoms with E-state index in [4.69, 9.17) is 0 Å². The Morgan fingerprint density at radius 1 is 1.17 bits per heavy atom. The fraction of sp³-hybridized carbons (Fsp3) is 0.304. The number of aromatic nitrogens is 3. The van der Waals surface area contributed by atoms with E-state index in [1.165, 1.54) is 12.1 Å². The van der Waals surface area contributed by atoms with E-state index in [0.29, 0.717) is 12.4 Å². The van der Waals surface area contributed by atoms with Crippen molar-refractivity contribution in [3.05, 3.63) is 77.8 Å². The summed E-state index contributed by atoms with van der Waals surface area (Å²) in [5, 5.41) is 2.83. The Bertz CT molecular complexity index is 1060. The lowest BCUT2D eigenvalue weighted by Gasteiger charge is -2.27. The van der Waals surface area contributed by atoms with Gasteiger partial charge in [0.2, 0.25) is 5.91 Å². The third-order valence-corrected chi connectivity index (χ3v) is 5.72. The van der Waals surface area contributed by atoms with Crippen molar-refractivity contribution in [1.82, 2.24) is 15.0 Å². The van der Waals surface area contributed by atoms with Gasteiger partial charge >= 0.3 is 0 Å². The van der Waals surface area contributed by atoms with Gasteiger partial charge in [-0.2, -0.15) is 0 Å². The molecule has 1 aromatic carbocycles. The number of benzene rings is 1. The van der Waals surface area contributed by atoms with E-state index < -0.39 is 5.82 Å². The summed E-state index contributed by atoms with van der Waals surface area (Å²) in [5.41, 5.74) is 2.65. The van der Waals surface area contributed by atoms with Gasteiger partial charge in [-0.25, -0.2) is 19.3 Å². The minimum Gasteiger partial charge on any atom is -0.371 e. The van der Waals surface area contributed by atoms with E-state index in [9.17, 15) is 9.18 Å². The molecule has 1 aliphatic carbocycles. The fourth-order valence-electron chi connectivity index (χ4n) is 4.13. The first kappa shape index (κ1) is 19.9. The number of hydrogen-bond acceptors (Lipinski definition) is 5. The molecule has 0 spiro atoms. The average molecular weight is 405 g/mol. The number of aryl methyl sites for hydroxylation is 2. The van der Waals surface area contributed by atoms with Gasteiger partial charge in [0, 0.05) is 19.0 Å². The summed E-state index contributed by atoms with van der Waals surface area (Å²) in [6.07, 6.45) is 3.65. The summed E-state index contributed by atoms with van der Waals surface area (Å²) in [7, 11) is 2.00. The lowest BCUT2D eigenvalue weighted by Crippen LogP contribution is -2.33. The van der Waals surface area contributed by atoms with Crippen molar-refractivity contribution in [1.29, 1.82) is 0 Å². The van der Waals surface area contributed by atoms with Crippen LogP contribution in [0.4, 0.5) is 15.9 Å². The fourth-order valence-corrected chi connectivity index (χ4v) is 4.13. The summed E-state index contributed by atoms with van der Waals surface area (Å²) < 4.78 is 13.1. The van der Waals surface area contributed by atoms with Gasteiger partial charge in [-0.15, -0.1) is 0 Å². The molecule has 0 radical (unpaired) electrons. The molecule has 0 unspecified atom stereocenters. The topological polar surface area (TPSA) is 71.0 Å². The largest absolute Gasteiger partial charge is 0.371 e. The van der Waals surface area contributed by atoms with Gasteiger partial charge < -0.3 is 10.2 Å². The molecule has 1 fully saturated rings. The number of carbonyl (C=O) groups excluding carboxylic acids is 1. The Hall–Kier alpha value is -3.35. The molecule has 7 heteroatoms. The Labute approximate surface area is 175 Å². The second kappa shape index (κ2) is 7.82. The molecule has 6 nitrogen and oxygen atoms in total. The second-order valence-corrected chi connectivity index (χ2v) is 7.87. The van der Waals surface area contributed by atoms with Crippen LogP contribution in [0.1, 0.15) is 23.5 Å². The number of halogens is 1. The maximum Gasteiger partial charge on any atom is 0.229 e. The van der Waals surface area contributed by atoms with Crippen molar-refractivity contribution < 1.29 is 9.18 Å². The van der Waals surface area contributed by atoms with Crippen molar-refractivity contribution in [2.75, 3.05) is 23.8 Å². The van der Waals surface area contributed by atoms with Crippen molar-refractivity contribution in [3.63, 3.8) is 0 Å². The van der Waals surface area contributed by atoms with Crippen molar-refractivity contribution in [2.45, 2.75) is 25.7 Å². The van der Waals surface area contributed by atoms with Gasteiger partial charge in [0.05, 0.1) is 29.7 Å². The zero-order chi connectivity index (χ0) is 21.3. The molecule has 0 aliphatic heterocycles. The lowest BCUT2D eigenvalue weighted by molar-refractivity contribution is -0.117. The summed E-state index contributed by atoms with van der Waals surface area (Å²) in [4.78, 5) is 27.8. The van der Waals surface area contributed by atoms with Gasteiger partial charge in [0.25, 0.3) is 0 Å². The first-order valence-electron chi connectivity index (χ1n) is 9.88. The molecule has 2 atom stereocenters. The van der Waals surface area contributed by atoms with E-state index in [-0.39, 0.29) is 17.2 Å². The third-order valence-electron chi connectivity index (χ3n) is 5.72. The molecule has 4 rings (SSSR count). The lowest BCUT2D eigenvalue weighted by atomic mass is 9.92. The van der Waals surface area contributed by atoms with Crippen molar-refractivity contribution >= 4 is 17.4 Å². The van der Waals surface area contributed by atoms with Crippen molar-refractivity contribution in [3.8, 4) is 0 Å². The number of hydrogen-bond donors (Lipinski definition) is 1. The summed E-state index contributed by atoms with van der Waals surface area (Å²) in [6, 6.07) is 12.8. The van der Waals surface area contributed by atoms with Crippen LogP contribution in [0.3, 0.4) is 0 Å². The summed E-state index contributed by atoms with van der Waals surface area (Å²) in [6.45, 7) is 4.49. The first-order valence-corrected chi connectivity index (χ1v) is 9.88. The first-order chi connectivity index (χ1) is 14.4. The number of nitrogens with one attached hydrogen (secondary N) is 1. The third kappa shape index (κ3) is 3.87. The van der Waals surface area contributed by atoms with Gasteiger partial charge in [0.1, 0.15) is 17.5 Å². The van der Waals surface area contributed by atoms with Crippen LogP contribution in [0, 0.1) is 25.6 Å². The van der Waals surface area contributed by atoms with Crippen LogP contribution >= 0.6 is 0 Å². The highest BCUT2D eigenvalue weighted by molar-refractivity contribution is 5.95. The Balaban J connectivity index is 1.58. The number of pyridine rings is 1. The van der Waals surface area contributed by atoms with Crippen LogP contribution in [0.15, 0.2) is 54.9 Å². The predicted octanol–water partition coefficient (Wildman–Crippen LogP) is 3.66. The van der Waals surface area contributed by atoms with Crippen LogP contribution in [0.25, 0.3) is 0 Å². The minimum atomic E-state index is -0.435. The highest BCUT2D eigenvalue weighted by Crippen LogP contribution is 2.55. The zero-order valence-electron chi connectivity index (χ0n) is 17.3. The SMILES string of the molecule is Cc1ncc(N(C)C[C@@]2(c3ccccc3)C[C@H]2C(=O)Nc2ccc(F)cn2)c(C)n1. The molecule has 0 saturated heterocycles. The maximum absolute atomic E-state index is 13.1. The summed E-state index contributed by atoms with van der Waals surface area (Å²) in [5.74, 6) is 0.337. The zero-order valence-corrected chi connectivity index (χ0v) is 17.3. The van der Waals surface area contributed by atoms with Gasteiger partial charge in [0.15, 0.2) is 0 Å². The molecule has 1 aliphatic rings. The summed E-state index contributed by atoms with van der Waals surface area (Å²) >= 11 is 0. The molecular formula is C23H24FN5O. The Morgan fingerprint density at radius 2 is 1.93 bits per heavy atom. The number of rotatable bonds is 6. The highest BCUT2D eigenvalue weighted by atomic mass is 19.1. The normalized spacial score (nSPS) is 19.9. The van der Waals surface area contributed by atoms with E-state index in [1.807, 2.05) is 45.3 Å². The molecule has 30 heavy (non-hydrogen) atoms. The quantitative estimate of drug-likeness (QED) is 0.678. The molecular weight excluding hydrogens is 381 g/mol. The standard InChI is InChI=1S/C23H24FN5O/c1-15-20(13-25-16(2)27-15)29(3)14-23(17-7-5-4-6-8-17)11-19(23)22(30)28-21-10-9-18(24)12-26-21/h4-10,12-13,19H,11,14H2,1-3H3,(H,26,28,30)/t19-,23+/m0/s1. The molecule has 0 bridgehead atoms. The van der Waals surface area contributed by atoms with Crippen LogP contribution in [-0.4, -0.2) is 34.5 Å². The Morgan fingerprint density at radius 3 is 2.60 bits per heavy atom. The molecule has 2 heterocycles. The van der Waals surface area contributed by atoms with Crippen LogP contribution in [0.5, 0.6) is 0 Å². The van der Waals surface area contributed by atoms with E-state index in [2.05, 4.69) is 37.3 Å². The van der Waals surface area contributed by atoms with E-state index in [0.717, 1.165) is 35.4 Å². The number of anilines is 2. The van der Waals surface area contributed by atoms with Gasteiger partial charge in [-0.05, 0) is 38.0 Å². The average Bonchev–Trinajstić information content (AvgIpc) is 3.45. The second-order valence-electron chi connectivity index (χ2n) is 7.87. The predicted molar refractivity (Wildman–Crippen MR) is 114 cm³/mol. The van der Waals surface area contributed by atoms with E-state index in [1.54, 1.807) is 0 Å². The molecule has 1 N–H and O–H groups in total. The molecule has 1 saturated carbocycles. The number of nitrogens with zero attached hydrogens (tertiary/aromatic N) is 4. The minimum absolute atomic E-state index is 0.108. The maximum atomic E-state index is 13.1. The van der Waals surface area contributed by atoms with Crippen molar-refractivity contribution in [2.24, 2.45) is 5.92 Å². The highest BCUT2D eigenvalue weighted by Gasteiger charge is 2.59. The van der Waals surface area contributed by atoms with Crippen LogP contribution in [-0.2, 0) is 10.2 Å². The van der Waals surface area contributed by atoms with Gasteiger partial charge in [-0.3, -0.25) is 4.79 Å². The van der Waals surface area contributed by atoms with Crippen LogP contribution < -0.4 is 10.2 Å². The molecule has 2 aromatic heterocycles. The van der Waals surface area contributed by atoms with Crippen LogP contribution in [0.2, 0.25) is 0 Å². The number of amides is 1. The molecule has 1 amide bonds. The Kier molecular flexibility index (Phi) is 5.20. The van der Waals surface area contributed by atoms with Gasteiger partial charge in [-0.1, -0.05) is 30.3 Å². The van der Waals surface area contributed by atoms with E-state index >= 15 is 0 Å². The number of carbonyl (C=O) groups is 1. The monoisotopic (exact) mass is 405 g/mol. The molecule has 154 valence electrons. The molecule has 3 aromatic rings.